The minimum absolute atomic E-state index is 0.0483. The maximum atomic E-state index is 11.8. The van der Waals surface area contributed by atoms with Gasteiger partial charge in [-0.25, -0.2) is 0 Å². The number of rotatable bonds is 6. The zero-order valence-corrected chi connectivity index (χ0v) is 10.3. The predicted octanol–water partition coefficient (Wildman–Crippen LogP) is -0.615. The van der Waals surface area contributed by atoms with Gasteiger partial charge in [-0.1, -0.05) is 19.0 Å². The van der Waals surface area contributed by atoms with Crippen molar-refractivity contribution < 1.29 is 14.8 Å². The number of nitrogens with zero attached hydrogens (tertiary/aromatic N) is 1. The Morgan fingerprint density at radius 1 is 1.29 bits per heavy atom. The second-order valence-electron chi connectivity index (χ2n) is 4.33. The Bertz CT molecular complexity index is 315. The molecule has 98 valence electrons. The van der Waals surface area contributed by atoms with Gasteiger partial charge in [-0.3, -0.25) is 9.59 Å². The summed E-state index contributed by atoms with van der Waals surface area (Å²) in [5.74, 6) is -1.88. The van der Waals surface area contributed by atoms with E-state index >= 15 is 0 Å². The first-order chi connectivity index (χ1) is 7.79. The highest BCUT2D eigenvalue weighted by molar-refractivity contribution is 6.02. The Morgan fingerprint density at radius 3 is 2.18 bits per heavy atom. The third kappa shape index (κ3) is 5.19. The van der Waals surface area contributed by atoms with Crippen LogP contribution in [-0.2, 0) is 9.59 Å². The quantitative estimate of drug-likeness (QED) is 0.215. The summed E-state index contributed by atoms with van der Waals surface area (Å²) in [4.78, 5) is 22.5. The number of hydrogen-bond acceptors (Lipinski definition) is 4. The lowest BCUT2D eigenvalue weighted by Crippen LogP contribution is -2.45. The van der Waals surface area contributed by atoms with E-state index in [2.05, 4.69) is 10.5 Å². The number of nitrogens with two attached hydrogens (primary N) is 2. The molecule has 6 N–H and O–H groups in total. The van der Waals surface area contributed by atoms with Crippen molar-refractivity contribution in [1.82, 2.24) is 5.32 Å². The highest BCUT2D eigenvalue weighted by atomic mass is 16.4. The molecule has 0 fully saturated rings. The van der Waals surface area contributed by atoms with Crippen molar-refractivity contribution in [3.05, 3.63) is 0 Å². The third-order valence-electron chi connectivity index (χ3n) is 2.28. The first kappa shape index (κ1) is 15.2. The Labute approximate surface area is 100 Å². The highest BCUT2D eigenvalue weighted by Crippen LogP contribution is 2.11. The molecule has 0 aliphatic rings. The maximum absolute atomic E-state index is 11.8. The number of amides is 2. The van der Waals surface area contributed by atoms with Crippen molar-refractivity contribution >= 4 is 17.6 Å². The van der Waals surface area contributed by atoms with Crippen LogP contribution in [0, 0.1) is 11.8 Å². The van der Waals surface area contributed by atoms with E-state index in [0.717, 1.165) is 0 Å². The molecule has 0 saturated carbocycles. The van der Waals surface area contributed by atoms with Crippen LogP contribution in [0.5, 0.6) is 0 Å². The van der Waals surface area contributed by atoms with E-state index in [9.17, 15) is 9.59 Å². The number of nitrogens with one attached hydrogen (secondary N) is 1. The average Bonchev–Trinajstić information content (AvgIpc) is 2.14. The summed E-state index contributed by atoms with van der Waals surface area (Å²) in [5, 5.41) is 14.0. The molecule has 0 aromatic carbocycles. The average molecular weight is 244 g/mol. The summed E-state index contributed by atoms with van der Waals surface area (Å²) < 4.78 is 0. The molecule has 0 rings (SSSR count). The van der Waals surface area contributed by atoms with Gasteiger partial charge in [0.05, 0.1) is 0 Å². The van der Waals surface area contributed by atoms with Crippen LogP contribution in [0.25, 0.3) is 0 Å². The first-order valence-electron chi connectivity index (χ1n) is 5.35. The third-order valence-corrected chi connectivity index (χ3v) is 2.28. The molecular weight excluding hydrogens is 224 g/mol. The molecule has 7 nitrogen and oxygen atoms in total. The fraction of sp³-hybridized carbons (Fsp3) is 0.700. The van der Waals surface area contributed by atoms with Crippen LogP contribution in [0.3, 0.4) is 0 Å². The lowest BCUT2D eigenvalue weighted by atomic mass is 9.93. The van der Waals surface area contributed by atoms with Gasteiger partial charge in [-0.05, 0) is 12.8 Å². The summed E-state index contributed by atoms with van der Waals surface area (Å²) >= 11 is 0. The van der Waals surface area contributed by atoms with Crippen LogP contribution >= 0.6 is 0 Å². The van der Waals surface area contributed by atoms with E-state index < -0.39 is 11.8 Å². The predicted molar refractivity (Wildman–Crippen MR) is 63.2 cm³/mol. The lowest BCUT2D eigenvalue weighted by Gasteiger charge is -2.21. The van der Waals surface area contributed by atoms with Gasteiger partial charge in [-0.15, -0.1) is 0 Å². The van der Waals surface area contributed by atoms with Crippen molar-refractivity contribution in [1.29, 1.82) is 0 Å². The van der Waals surface area contributed by atoms with E-state index in [1.807, 2.05) is 0 Å². The number of hydrogen-bond donors (Lipinski definition) is 4. The van der Waals surface area contributed by atoms with Crippen molar-refractivity contribution in [2.75, 3.05) is 0 Å². The SMILES string of the molecule is CC(CC(N)=O)NC(=O)C(C(N)=NO)C(C)C. The molecule has 2 atom stereocenters. The summed E-state index contributed by atoms with van der Waals surface area (Å²) in [6, 6.07) is -0.382. The van der Waals surface area contributed by atoms with Gasteiger partial charge < -0.3 is 22.0 Å². The smallest absolute Gasteiger partial charge is 0.231 e. The van der Waals surface area contributed by atoms with E-state index in [1.54, 1.807) is 20.8 Å². The van der Waals surface area contributed by atoms with Crippen LogP contribution in [-0.4, -0.2) is 28.9 Å². The minimum atomic E-state index is -0.727. The Morgan fingerprint density at radius 2 is 1.82 bits per heavy atom. The van der Waals surface area contributed by atoms with Gasteiger partial charge in [-0.2, -0.15) is 0 Å². The molecule has 2 unspecified atom stereocenters. The normalized spacial score (nSPS) is 15.4. The highest BCUT2D eigenvalue weighted by Gasteiger charge is 2.27. The van der Waals surface area contributed by atoms with E-state index in [4.69, 9.17) is 16.7 Å². The zero-order chi connectivity index (χ0) is 13.6. The van der Waals surface area contributed by atoms with E-state index in [-0.39, 0.29) is 30.1 Å². The molecule has 2 amide bonds. The van der Waals surface area contributed by atoms with Crippen LogP contribution in [0.4, 0.5) is 0 Å². The summed E-state index contributed by atoms with van der Waals surface area (Å²) in [7, 11) is 0. The molecule has 0 bridgehead atoms. The zero-order valence-electron chi connectivity index (χ0n) is 10.3. The number of carbonyl (C=O) groups excluding carboxylic acids is 2. The van der Waals surface area contributed by atoms with Crippen LogP contribution in [0.2, 0.25) is 0 Å². The Hall–Kier alpha value is -1.79. The van der Waals surface area contributed by atoms with Crippen LogP contribution in [0.1, 0.15) is 27.2 Å². The maximum Gasteiger partial charge on any atom is 0.231 e. The van der Waals surface area contributed by atoms with E-state index in [0.29, 0.717) is 0 Å². The molecule has 0 heterocycles. The second-order valence-corrected chi connectivity index (χ2v) is 4.33. The molecule has 17 heavy (non-hydrogen) atoms. The minimum Gasteiger partial charge on any atom is -0.409 e. The monoisotopic (exact) mass is 244 g/mol. The number of carbonyl (C=O) groups is 2. The molecule has 0 radical (unpaired) electrons. The summed E-state index contributed by atoms with van der Waals surface area (Å²) in [6.07, 6.45) is 0.0483. The number of oxime groups is 1. The molecule has 7 heteroatoms. The molecule has 0 aromatic heterocycles. The van der Waals surface area contributed by atoms with Crippen molar-refractivity contribution in [2.24, 2.45) is 28.5 Å². The Kier molecular flexibility index (Phi) is 6.01. The van der Waals surface area contributed by atoms with Crippen LogP contribution in [0.15, 0.2) is 5.16 Å². The molecule has 0 aliphatic carbocycles. The largest absolute Gasteiger partial charge is 0.409 e. The summed E-state index contributed by atoms with van der Waals surface area (Å²) in [5.41, 5.74) is 10.5. The second kappa shape index (κ2) is 6.72. The fourth-order valence-electron chi connectivity index (χ4n) is 1.53. The first-order valence-corrected chi connectivity index (χ1v) is 5.35. The van der Waals surface area contributed by atoms with Gasteiger partial charge in [0.1, 0.15) is 5.92 Å². The molecule has 0 aromatic rings. The number of amidine groups is 1. The molecule has 0 saturated heterocycles. The standard InChI is InChI=1S/C10H20N4O3/c1-5(2)8(9(12)14-17)10(16)13-6(3)4-7(11)15/h5-6,8,17H,4H2,1-3H3,(H2,11,15)(H2,12,14)(H,13,16). The Balaban J connectivity index is 4.59. The van der Waals surface area contributed by atoms with Gasteiger partial charge in [0.15, 0.2) is 5.84 Å². The van der Waals surface area contributed by atoms with Crippen molar-refractivity contribution in [2.45, 2.75) is 33.2 Å². The van der Waals surface area contributed by atoms with Gasteiger partial charge in [0, 0.05) is 12.5 Å². The van der Waals surface area contributed by atoms with Crippen molar-refractivity contribution in [3.63, 3.8) is 0 Å². The van der Waals surface area contributed by atoms with Gasteiger partial charge >= 0.3 is 0 Å². The summed E-state index contributed by atoms with van der Waals surface area (Å²) in [6.45, 7) is 5.22. The topological polar surface area (TPSA) is 131 Å². The molecular formula is C10H20N4O3. The number of primary amides is 1. The lowest BCUT2D eigenvalue weighted by molar-refractivity contribution is -0.125. The molecule has 0 spiro atoms. The van der Waals surface area contributed by atoms with Crippen molar-refractivity contribution in [3.8, 4) is 0 Å². The van der Waals surface area contributed by atoms with Crippen LogP contribution < -0.4 is 16.8 Å². The van der Waals surface area contributed by atoms with Gasteiger partial charge in [0.25, 0.3) is 0 Å². The fourth-order valence-corrected chi connectivity index (χ4v) is 1.53. The van der Waals surface area contributed by atoms with Gasteiger partial charge in [0.2, 0.25) is 11.8 Å². The molecule has 0 aliphatic heterocycles. The van der Waals surface area contributed by atoms with E-state index in [1.165, 1.54) is 0 Å².